The van der Waals surface area contributed by atoms with Gasteiger partial charge in [0.25, 0.3) is 0 Å². The number of allylic oxidation sites excluding steroid dienone is 15. The van der Waals surface area contributed by atoms with E-state index < -0.39 is 49.5 Å². The number of ether oxygens (including phenoxy) is 2. The van der Waals surface area contributed by atoms with Crippen LogP contribution in [0.15, 0.2) is 97.2 Å². The highest BCUT2D eigenvalue weighted by atomic mass is 16.7. The summed E-state index contributed by atoms with van der Waals surface area (Å²) in [6.07, 6.45) is 75.0. The van der Waals surface area contributed by atoms with Gasteiger partial charge in [-0.3, -0.25) is 4.79 Å². The van der Waals surface area contributed by atoms with Crippen LogP contribution < -0.4 is 5.32 Å². The van der Waals surface area contributed by atoms with Crippen LogP contribution >= 0.6 is 0 Å². The fraction of sp³-hybridized carbons (Fsp3) is 0.750. The van der Waals surface area contributed by atoms with Crippen molar-refractivity contribution in [2.24, 2.45) is 0 Å². The molecule has 1 saturated heterocycles. The molecule has 1 heterocycles. The van der Waals surface area contributed by atoms with Gasteiger partial charge in [-0.15, -0.1) is 0 Å². The zero-order valence-corrected chi connectivity index (χ0v) is 49.4. The molecule has 0 aliphatic carbocycles. The Bertz CT molecular complexity index is 1530. The number of nitrogens with one attached hydrogen (secondary N) is 1. The third-order valence-corrected chi connectivity index (χ3v) is 14.7. The van der Waals surface area contributed by atoms with Gasteiger partial charge < -0.3 is 40.3 Å². The predicted molar refractivity (Wildman–Crippen MR) is 327 cm³/mol. The first-order valence-corrected chi connectivity index (χ1v) is 32.0. The first-order valence-electron chi connectivity index (χ1n) is 32.0. The van der Waals surface area contributed by atoms with Gasteiger partial charge in [-0.2, -0.15) is 0 Å². The van der Waals surface area contributed by atoms with E-state index in [0.717, 1.165) is 83.5 Å². The van der Waals surface area contributed by atoms with Gasteiger partial charge in [0, 0.05) is 6.42 Å². The molecule has 444 valence electrons. The average molecular weight is 1080 g/mol. The van der Waals surface area contributed by atoms with E-state index in [1.165, 1.54) is 167 Å². The summed E-state index contributed by atoms with van der Waals surface area (Å²) in [4.78, 5) is 13.1. The van der Waals surface area contributed by atoms with Crippen molar-refractivity contribution in [3.05, 3.63) is 97.2 Å². The second kappa shape index (κ2) is 56.4. The first-order chi connectivity index (χ1) is 37.8. The number of rotatable bonds is 54. The number of hydrogen-bond donors (Lipinski definition) is 6. The molecule has 7 unspecified atom stereocenters. The molecule has 0 spiro atoms. The zero-order chi connectivity index (χ0) is 55.8. The molecule has 1 aliphatic heterocycles. The van der Waals surface area contributed by atoms with E-state index in [0.29, 0.717) is 6.42 Å². The van der Waals surface area contributed by atoms with Gasteiger partial charge >= 0.3 is 0 Å². The summed E-state index contributed by atoms with van der Waals surface area (Å²) in [5.41, 5.74) is 0. The molecule has 9 nitrogen and oxygen atoms in total. The summed E-state index contributed by atoms with van der Waals surface area (Å²) in [6.45, 7) is 3.66. The lowest BCUT2D eigenvalue weighted by molar-refractivity contribution is -0.302. The normalized spacial score (nSPS) is 19.4. The van der Waals surface area contributed by atoms with E-state index in [-0.39, 0.29) is 12.5 Å². The predicted octanol–water partition coefficient (Wildman–Crippen LogP) is 16.7. The lowest BCUT2D eigenvalue weighted by atomic mass is 9.99. The lowest BCUT2D eigenvalue weighted by Crippen LogP contribution is -2.60. The van der Waals surface area contributed by atoms with Crippen LogP contribution in [0.1, 0.15) is 271 Å². The smallest absolute Gasteiger partial charge is 0.220 e. The molecule has 9 heteroatoms. The molecule has 0 radical (unpaired) electrons. The maximum Gasteiger partial charge on any atom is 0.220 e. The Balaban J connectivity index is 2.06. The van der Waals surface area contributed by atoms with Gasteiger partial charge in [0.1, 0.15) is 24.4 Å². The number of carbonyl (C=O) groups excluding carboxylic acids is 1. The highest BCUT2D eigenvalue weighted by Gasteiger charge is 2.44. The summed E-state index contributed by atoms with van der Waals surface area (Å²) in [6, 6.07) is -0.806. The summed E-state index contributed by atoms with van der Waals surface area (Å²) >= 11 is 0. The first kappa shape index (κ1) is 72.1. The fourth-order valence-electron chi connectivity index (χ4n) is 9.67. The maximum atomic E-state index is 13.1. The molecule has 7 atom stereocenters. The molecular formula is C68H119NO8. The van der Waals surface area contributed by atoms with E-state index in [1.54, 1.807) is 6.08 Å². The molecular weight excluding hydrogens is 959 g/mol. The van der Waals surface area contributed by atoms with Gasteiger partial charge in [-0.1, -0.05) is 284 Å². The minimum Gasteiger partial charge on any atom is -0.394 e. The number of hydrogen-bond acceptors (Lipinski definition) is 8. The highest BCUT2D eigenvalue weighted by Crippen LogP contribution is 2.23. The van der Waals surface area contributed by atoms with Crippen molar-refractivity contribution >= 4 is 5.91 Å². The Morgan fingerprint density at radius 2 is 0.805 bits per heavy atom. The molecule has 77 heavy (non-hydrogen) atoms. The number of carbonyl (C=O) groups is 1. The molecule has 0 aromatic heterocycles. The highest BCUT2D eigenvalue weighted by molar-refractivity contribution is 5.76. The molecule has 0 bridgehead atoms. The van der Waals surface area contributed by atoms with Gasteiger partial charge in [-0.25, -0.2) is 0 Å². The minimum atomic E-state index is -1.57. The lowest BCUT2D eigenvalue weighted by Gasteiger charge is -2.40. The van der Waals surface area contributed by atoms with Crippen LogP contribution in [0, 0.1) is 0 Å². The van der Waals surface area contributed by atoms with Crippen LogP contribution in [0.5, 0.6) is 0 Å². The van der Waals surface area contributed by atoms with Crippen molar-refractivity contribution in [3.63, 3.8) is 0 Å². The SMILES string of the molecule is CC/C=C\C/C=C\C/C=C\C/C=C\C/C=C\C/C=C\C/C=C\CCCCCCCCCCCCCCCCCCCCCC(=O)NC(COC1OC(CO)C(O)C(O)C1O)C(O)/C=C/CCCCCCCCCCCCC. The van der Waals surface area contributed by atoms with Crippen LogP contribution in [0.2, 0.25) is 0 Å². The van der Waals surface area contributed by atoms with Gasteiger partial charge in [0.15, 0.2) is 6.29 Å². The van der Waals surface area contributed by atoms with Gasteiger partial charge in [0.2, 0.25) is 5.91 Å². The van der Waals surface area contributed by atoms with Gasteiger partial charge in [0.05, 0.1) is 25.4 Å². The summed E-state index contributed by atoms with van der Waals surface area (Å²) in [5, 5.41) is 54.5. The van der Waals surface area contributed by atoms with Crippen molar-refractivity contribution in [3.8, 4) is 0 Å². The second-order valence-electron chi connectivity index (χ2n) is 21.8. The van der Waals surface area contributed by atoms with Crippen LogP contribution in [-0.4, -0.2) is 87.5 Å². The minimum absolute atomic E-state index is 0.177. The van der Waals surface area contributed by atoms with E-state index in [1.807, 2.05) is 6.08 Å². The monoisotopic (exact) mass is 1080 g/mol. The molecule has 0 saturated carbocycles. The number of aliphatic hydroxyl groups excluding tert-OH is 5. The Kier molecular flexibility index (Phi) is 52.8. The molecule has 1 fully saturated rings. The van der Waals surface area contributed by atoms with Crippen LogP contribution in [0.3, 0.4) is 0 Å². The van der Waals surface area contributed by atoms with Crippen molar-refractivity contribution in [1.82, 2.24) is 5.32 Å². The van der Waals surface area contributed by atoms with Gasteiger partial charge in [-0.05, 0) is 77.0 Å². The summed E-state index contributed by atoms with van der Waals surface area (Å²) in [7, 11) is 0. The summed E-state index contributed by atoms with van der Waals surface area (Å²) < 4.78 is 11.3. The average Bonchev–Trinajstić information content (AvgIpc) is 3.43. The van der Waals surface area contributed by atoms with E-state index in [2.05, 4.69) is 104 Å². The Morgan fingerprint density at radius 1 is 0.455 bits per heavy atom. The van der Waals surface area contributed by atoms with Crippen molar-refractivity contribution in [2.75, 3.05) is 13.2 Å². The third-order valence-electron chi connectivity index (χ3n) is 14.7. The second-order valence-corrected chi connectivity index (χ2v) is 21.8. The molecule has 1 aliphatic rings. The van der Waals surface area contributed by atoms with E-state index in [4.69, 9.17) is 9.47 Å². The van der Waals surface area contributed by atoms with Crippen LogP contribution in [-0.2, 0) is 14.3 Å². The van der Waals surface area contributed by atoms with Crippen molar-refractivity contribution < 1.29 is 39.8 Å². The van der Waals surface area contributed by atoms with Crippen molar-refractivity contribution in [1.29, 1.82) is 0 Å². The third kappa shape index (κ3) is 45.5. The molecule has 0 aromatic rings. The van der Waals surface area contributed by atoms with Crippen LogP contribution in [0.25, 0.3) is 0 Å². The van der Waals surface area contributed by atoms with E-state index in [9.17, 15) is 30.3 Å². The van der Waals surface area contributed by atoms with Crippen LogP contribution in [0.4, 0.5) is 0 Å². The number of aliphatic hydroxyl groups is 5. The fourth-order valence-corrected chi connectivity index (χ4v) is 9.67. The van der Waals surface area contributed by atoms with Crippen molar-refractivity contribution in [2.45, 2.75) is 314 Å². The summed E-state index contributed by atoms with van der Waals surface area (Å²) in [5.74, 6) is -0.177. The Hall–Kier alpha value is -2.89. The molecule has 1 amide bonds. The maximum absolute atomic E-state index is 13.1. The molecule has 6 N–H and O–H groups in total. The molecule has 0 aromatic carbocycles. The quantitative estimate of drug-likeness (QED) is 0.0261. The number of unbranched alkanes of at least 4 members (excludes halogenated alkanes) is 30. The molecule has 1 rings (SSSR count). The zero-order valence-electron chi connectivity index (χ0n) is 49.4. The standard InChI is InChI=1S/C68H119NO8/c1-3-5-7-9-11-13-15-17-18-19-20-21-22-23-24-25-26-27-28-29-30-31-32-33-34-35-36-37-38-39-40-41-42-43-44-46-48-50-52-54-56-58-64(72)69-61(60-76-68-67(75)66(74)65(73)63(59-70)77-68)62(71)57-55-53-51-49-47-45-16-14-12-10-8-6-4-2/h5,7,11,13,17-18,20-21,23-24,26-27,29-30,55,57,61-63,65-68,70-71,73-75H,3-4,6,8-10,12,14-16,19,22,25,28,31-54,56,58-60H2,1-2H3,(H,69,72)/b7-5-,13-11-,18-17-,21-20-,24-23-,27-26-,30-29-,57-55+. The topological polar surface area (TPSA) is 149 Å². The Morgan fingerprint density at radius 3 is 1.19 bits per heavy atom. The largest absolute Gasteiger partial charge is 0.394 e. The Labute approximate surface area is 473 Å². The van der Waals surface area contributed by atoms with E-state index >= 15 is 0 Å². The number of amides is 1.